The highest BCUT2D eigenvalue weighted by Gasteiger charge is 2.31. The molecule has 0 saturated carbocycles. The number of hydrogen-bond acceptors (Lipinski definition) is 5. The van der Waals surface area contributed by atoms with Crippen LogP contribution in [0.1, 0.15) is 30.5 Å². The lowest BCUT2D eigenvalue weighted by Gasteiger charge is -2.20. The minimum absolute atomic E-state index is 0.113. The van der Waals surface area contributed by atoms with Crippen LogP contribution < -0.4 is 14.2 Å². The average Bonchev–Trinajstić information content (AvgIpc) is 3.30. The van der Waals surface area contributed by atoms with Crippen LogP contribution in [-0.2, 0) is 15.8 Å². The van der Waals surface area contributed by atoms with Gasteiger partial charge in [-0.1, -0.05) is 30.3 Å². The largest absolute Gasteiger partial charge is 0.497 e. The summed E-state index contributed by atoms with van der Waals surface area (Å²) < 4.78 is 26.1. The van der Waals surface area contributed by atoms with Gasteiger partial charge in [-0.3, -0.25) is 4.79 Å². The van der Waals surface area contributed by atoms with Crippen LogP contribution in [0.25, 0.3) is 0 Å². The van der Waals surface area contributed by atoms with E-state index in [0.29, 0.717) is 22.8 Å². The molecule has 8 heteroatoms. The molecule has 7 nitrogen and oxygen atoms in total. The number of hydrogen-bond donors (Lipinski definition) is 1. The number of rotatable bonds is 7. The summed E-state index contributed by atoms with van der Waals surface area (Å²) in [6.45, 7) is 1.52. The fourth-order valence-corrected chi connectivity index (χ4v) is 4.57. The number of anilines is 1. The second-order valence-corrected chi connectivity index (χ2v) is 8.74. The van der Waals surface area contributed by atoms with Crippen LogP contribution in [-0.4, -0.2) is 35.1 Å². The first-order valence-electron chi connectivity index (χ1n) is 10.4. The van der Waals surface area contributed by atoms with E-state index in [2.05, 4.69) is 9.82 Å². The molecule has 0 radical (unpaired) electrons. The molecule has 1 aliphatic heterocycles. The zero-order valence-corrected chi connectivity index (χ0v) is 19.5. The van der Waals surface area contributed by atoms with Crippen LogP contribution in [0.15, 0.2) is 82.8 Å². The summed E-state index contributed by atoms with van der Waals surface area (Å²) in [7, 11) is 1.78. The van der Waals surface area contributed by atoms with Gasteiger partial charge in [0.25, 0.3) is 0 Å². The average molecular weight is 464 g/mol. The number of amides is 1. The number of carbonyl (C=O) groups is 1. The molecule has 1 amide bonds. The van der Waals surface area contributed by atoms with Gasteiger partial charge in [-0.15, -0.1) is 0 Å². The molecule has 0 bridgehead atoms. The summed E-state index contributed by atoms with van der Waals surface area (Å²) in [4.78, 5) is 12.9. The predicted molar refractivity (Wildman–Crippen MR) is 129 cm³/mol. The maximum absolute atomic E-state index is 12.7. The third-order valence-electron chi connectivity index (χ3n) is 5.42. The van der Waals surface area contributed by atoms with Crippen molar-refractivity contribution in [2.75, 3.05) is 18.9 Å². The van der Waals surface area contributed by atoms with Gasteiger partial charge in [0.05, 0.1) is 30.9 Å². The molecule has 33 heavy (non-hydrogen) atoms. The highest BCUT2D eigenvalue weighted by atomic mass is 32.2. The van der Waals surface area contributed by atoms with E-state index >= 15 is 0 Å². The van der Waals surface area contributed by atoms with Crippen molar-refractivity contribution in [3.63, 3.8) is 0 Å². The molecule has 0 spiro atoms. The molecule has 1 N–H and O–H groups in total. The molecule has 2 atom stereocenters. The molecule has 3 aromatic rings. The van der Waals surface area contributed by atoms with E-state index in [1.165, 1.54) is 11.9 Å². The molecule has 1 aliphatic rings. The Morgan fingerprint density at radius 3 is 2.33 bits per heavy atom. The molecule has 4 rings (SSSR count). The molecule has 3 aromatic carbocycles. The van der Waals surface area contributed by atoms with Crippen molar-refractivity contribution >= 4 is 28.3 Å². The summed E-state index contributed by atoms with van der Waals surface area (Å²) in [6, 6.07) is 22.2. The molecular formula is C25H25N3O4S. The minimum atomic E-state index is -1.42. The Kier molecular flexibility index (Phi) is 6.74. The van der Waals surface area contributed by atoms with Crippen LogP contribution in [0, 0.1) is 0 Å². The lowest BCUT2D eigenvalue weighted by atomic mass is 9.98. The van der Waals surface area contributed by atoms with E-state index in [0.717, 1.165) is 22.6 Å². The summed E-state index contributed by atoms with van der Waals surface area (Å²) in [5.41, 5.74) is 3.45. The van der Waals surface area contributed by atoms with Crippen molar-refractivity contribution in [3.8, 4) is 11.5 Å². The van der Waals surface area contributed by atoms with Crippen molar-refractivity contribution in [1.29, 1.82) is 0 Å². The van der Waals surface area contributed by atoms with E-state index in [1.807, 2.05) is 48.5 Å². The van der Waals surface area contributed by atoms with Gasteiger partial charge in [-0.2, -0.15) is 5.10 Å². The Labute approximate surface area is 195 Å². The first-order valence-corrected chi connectivity index (χ1v) is 11.6. The van der Waals surface area contributed by atoms with Gasteiger partial charge >= 0.3 is 0 Å². The van der Waals surface area contributed by atoms with Crippen molar-refractivity contribution in [1.82, 2.24) is 5.01 Å². The van der Waals surface area contributed by atoms with Crippen molar-refractivity contribution < 1.29 is 18.5 Å². The molecule has 0 saturated heterocycles. The smallest absolute Gasteiger partial charge is 0.240 e. The standard InChI is InChI=1S/C25H25N3O4S/c1-17(29)28-25(19-9-13-21(31-2)14-10-19)16-24(26-28)18-7-11-20(12-8-18)27-33(30)23-6-4-5-22(15-23)32-3/h4-15,25,27H,16H2,1-3H3. The van der Waals surface area contributed by atoms with Gasteiger partial charge in [-0.05, 0) is 53.6 Å². The molecule has 170 valence electrons. The lowest BCUT2D eigenvalue weighted by Crippen LogP contribution is -2.24. The summed E-state index contributed by atoms with van der Waals surface area (Å²) >= 11 is 0. The summed E-state index contributed by atoms with van der Waals surface area (Å²) in [5.74, 6) is 1.30. The molecule has 0 aliphatic carbocycles. The second kappa shape index (κ2) is 9.87. The van der Waals surface area contributed by atoms with E-state index < -0.39 is 11.0 Å². The fourth-order valence-electron chi connectivity index (χ4n) is 3.67. The Morgan fingerprint density at radius 2 is 1.70 bits per heavy atom. The normalized spacial score (nSPS) is 16.2. The number of methoxy groups -OCH3 is 2. The first-order chi connectivity index (χ1) is 16.0. The van der Waals surface area contributed by atoms with Crippen LogP contribution in [0.5, 0.6) is 11.5 Å². The molecule has 0 aromatic heterocycles. The van der Waals surface area contributed by atoms with Gasteiger partial charge in [0.1, 0.15) is 22.5 Å². The molecule has 0 fully saturated rings. The van der Waals surface area contributed by atoms with E-state index in [-0.39, 0.29) is 11.9 Å². The SMILES string of the molecule is COc1ccc(C2CC(c3ccc(NS(=O)c4cccc(OC)c4)cc3)=NN2C(C)=O)cc1. The van der Waals surface area contributed by atoms with Crippen LogP contribution in [0.4, 0.5) is 5.69 Å². The third kappa shape index (κ3) is 5.06. The van der Waals surface area contributed by atoms with E-state index in [9.17, 15) is 9.00 Å². The number of carbonyl (C=O) groups excluding carboxylic acids is 1. The third-order valence-corrected chi connectivity index (χ3v) is 6.52. The zero-order valence-electron chi connectivity index (χ0n) is 18.6. The Morgan fingerprint density at radius 1 is 1.00 bits per heavy atom. The highest BCUT2D eigenvalue weighted by molar-refractivity contribution is 7.86. The summed E-state index contributed by atoms with van der Waals surface area (Å²) in [6.07, 6.45) is 0.606. The molecule has 2 unspecified atom stereocenters. The number of nitrogens with zero attached hydrogens (tertiary/aromatic N) is 2. The number of benzene rings is 3. The zero-order chi connectivity index (χ0) is 23.4. The number of ether oxygens (including phenoxy) is 2. The van der Waals surface area contributed by atoms with Gasteiger partial charge in [0, 0.05) is 19.0 Å². The highest BCUT2D eigenvalue weighted by Crippen LogP contribution is 2.33. The lowest BCUT2D eigenvalue weighted by molar-refractivity contribution is -0.130. The van der Waals surface area contributed by atoms with Gasteiger partial charge in [0.2, 0.25) is 5.91 Å². The Balaban J connectivity index is 1.49. The predicted octanol–water partition coefficient (Wildman–Crippen LogP) is 4.54. The van der Waals surface area contributed by atoms with E-state index in [4.69, 9.17) is 9.47 Å². The number of hydrazone groups is 1. The van der Waals surface area contributed by atoms with Gasteiger partial charge < -0.3 is 14.2 Å². The van der Waals surface area contributed by atoms with E-state index in [1.54, 1.807) is 38.5 Å². The maximum Gasteiger partial charge on any atom is 0.240 e. The van der Waals surface area contributed by atoms with Crippen molar-refractivity contribution in [2.45, 2.75) is 24.3 Å². The second-order valence-electron chi connectivity index (χ2n) is 7.53. The van der Waals surface area contributed by atoms with Crippen molar-refractivity contribution in [2.24, 2.45) is 5.10 Å². The fraction of sp³-hybridized carbons (Fsp3) is 0.200. The Hall–Kier alpha value is -3.65. The monoisotopic (exact) mass is 463 g/mol. The van der Waals surface area contributed by atoms with Crippen molar-refractivity contribution in [3.05, 3.63) is 83.9 Å². The minimum Gasteiger partial charge on any atom is -0.497 e. The van der Waals surface area contributed by atoms with Gasteiger partial charge in [0.15, 0.2) is 0 Å². The van der Waals surface area contributed by atoms with Crippen LogP contribution >= 0.6 is 0 Å². The topological polar surface area (TPSA) is 80.2 Å². The van der Waals surface area contributed by atoms with Gasteiger partial charge in [-0.25, -0.2) is 9.22 Å². The molecule has 1 heterocycles. The Bertz CT molecular complexity index is 1190. The molecular weight excluding hydrogens is 438 g/mol. The summed E-state index contributed by atoms with van der Waals surface area (Å²) in [5, 5.41) is 6.12. The quantitative estimate of drug-likeness (QED) is 0.558. The first kappa shape index (κ1) is 22.5. The van der Waals surface area contributed by atoms with Crippen LogP contribution in [0.2, 0.25) is 0 Å². The number of nitrogens with one attached hydrogen (secondary N) is 1. The maximum atomic E-state index is 12.7. The van der Waals surface area contributed by atoms with Crippen LogP contribution in [0.3, 0.4) is 0 Å².